The smallest absolute Gasteiger partial charge is 0.317 e. The number of pyridine rings is 2. The quantitative estimate of drug-likeness (QED) is 0.261. The molecule has 3 heterocycles. The topological polar surface area (TPSA) is 129 Å². The molecule has 9 nitrogen and oxygen atoms in total. The summed E-state index contributed by atoms with van der Waals surface area (Å²) in [6.07, 6.45) is 6.47. The Bertz CT molecular complexity index is 1150. The van der Waals surface area contributed by atoms with Gasteiger partial charge in [-0.1, -0.05) is 13.2 Å². The van der Waals surface area contributed by atoms with E-state index in [4.69, 9.17) is 15.9 Å². The summed E-state index contributed by atoms with van der Waals surface area (Å²) >= 11 is 0. The van der Waals surface area contributed by atoms with Crippen molar-refractivity contribution in [2.24, 2.45) is 5.73 Å². The number of ether oxygens (including phenoxy) is 1. The molecule has 0 radical (unpaired) electrons. The van der Waals surface area contributed by atoms with E-state index in [9.17, 15) is 13.6 Å². The maximum atomic E-state index is 13.3. The highest BCUT2D eigenvalue weighted by atomic mass is 19.1. The van der Waals surface area contributed by atoms with Crippen molar-refractivity contribution in [2.45, 2.75) is 26.4 Å². The van der Waals surface area contributed by atoms with E-state index < -0.39 is 17.7 Å². The van der Waals surface area contributed by atoms with Gasteiger partial charge >= 0.3 is 6.03 Å². The van der Waals surface area contributed by atoms with Crippen LogP contribution >= 0.6 is 0 Å². The average molecular weight is 514 g/mol. The van der Waals surface area contributed by atoms with Gasteiger partial charge in [0, 0.05) is 61.2 Å². The summed E-state index contributed by atoms with van der Waals surface area (Å²) in [5.41, 5.74) is 7.97. The summed E-state index contributed by atoms with van der Waals surface area (Å²) < 4.78 is 31.9. The molecule has 37 heavy (non-hydrogen) atoms. The lowest BCUT2D eigenvalue weighted by Gasteiger charge is -2.17. The molecule has 0 saturated carbocycles. The second-order valence-corrected chi connectivity index (χ2v) is 8.14. The molecule has 2 aromatic heterocycles. The van der Waals surface area contributed by atoms with E-state index in [-0.39, 0.29) is 18.2 Å². The highest BCUT2D eigenvalue weighted by molar-refractivity contribution is 5.91. The van der Waals surface area contributed by atoms with Crippen molar-refractivity contribution in [2.75, 3.05) is 36.9 Å². The number of allylic oxidation sites excluding steroid dienone is 2. The number of urea groups is 1. The number of aryl methyl sites for hydroxylation is 1. The van der Waals surface area contributed by atoms with Crippen LogP contribution in [0, 0.1) is 12.3 Å². The molecule has 2 aromatic rings. The Morgan fingerprint density at radius 1 is 1.38 bits per heavy atom. The molecule has 0 aliphatic carbocycles. The van der Waals surface area contributed by atoms with E-state index in [0.717, 1.165) is 30.4 Å². The van der Waals surface area contributed by atoms with Crippen molar-refractivity contribution < 1.29 is 18.3 Å². The zero-order chi connectivity index (χ0) is 27.4. The second-order valence-electron chi connectivity index (χ2n) is 8.14. The number of aromatic nitrogens is 2. The van der Waals surface area contributed by atoms with Crippen LogP contribution in [-0.2, 0) is 4.74 Å². The van der Waals surface area contributed by atoms with Gasteiger partial charge in [0.1, 0.15) is 17.5 Å². The second kappa shape index (κ2) is 14.6. The minimum atomic E-state index is -0.734. The van der Waals surface area contributed by atoms with E-state index >= 15 is 0 Å². The Kier molecular flexibility index (Phi) is 11.5. The summed E-state index contributed by atoms with van der Waals surface area (Å²) in [6.45, 7) is 12.7. The highest BCUT2D eigenvalue weighted by Crippen LogP contribution is 2.22. The van der Waals surface area contributed by atoms with Crippen LogP contribution in [-0.4, -0.2) is 59.5 Å². The third kappa shape index (κ3) is 9.54. The molecule has 5 N–H and O–H groups in total. The number of nitrogens with two attached hydrogens (primary N) is 1. The number of anilines is 3. The lowest BCUT2D eigenvalue weighted by Crippen LogP contribution is -2.26. The van der Waals surface area contributed by atoms with Crippen molar-refractivity contribution in [3.05, 3.63) is 78.3 Å². The van der Waals surface area contributed by atoms with Crippen molar-refractivity contribution in [3.63, 3.8) is 0 Å². The zero-order valence-corrected chi connectivity index (χ0v) is 21.1. The third-order valence-electron chi connectivity index (χ3n) is 5.33. The predicted octanol–water partition coefficient (Wildman–Crippen LogP) is 5.01. The summed E-state index contributed by atoms with van der Waals surface area (Å²) in [4.78, 5) is 20.9. The van der Waals surface area contributed by atoms with Crippen LogP contribution in [0.4, 0.5) is 30.8 Å². The molecule has 1 aliphatic heterocycles. The van der Waals surface area contributed by atoms with E-state index in [1.54, 1.807) is 12.3 Å². The maximum absolute atomic E-state index is 13.3. The van der Waals surface area contributed by atoms with Gasteiger partial charge in [0.15, 0.2) is 0 Å². The Balaban J connectivity index is 0.000000264. The monoisotopic (exact) mass is 513 g/mol. The summed E-state index contributed by atoms with van der Waals surface area (Å²) in [6, 6.07) is 4.56. The van der Waals surface area contributed by atoms with Crippen LogP contribution in [0.3, 0.4) is 0 Å². The molecule has 1 aliphatic rings. The first-order valence-electron chi connectivity index (χ1n) is 11.6. The number of rotatable bonds is 10. The van der Waals surface area contributed by atoms with Crippen LogP contribution in [0.25, 0.3) is 0 Å². The van der Waals surface area contributed by atoms with Gasteiger partial charge in [0.2, 0.25) is 0 Å². The number of nitrogens with zero attached hydrogens (tertiary/aromatic N) is 3. The molecule has 198 valence electrons. The number of carbonyl (C=O) groups excluding carboxylic acids is 1. The molecular formula is C26H33F2N7O2. The van der Waals surface area contributed by atoms with Gasteiger partial charge < -0.3 is 21.2 Å². The first-order valence-corrected chi connectivity index (χ1v) is 11.6. The van der Waals surface area contributed by atoms with E-state index in [1.165, 1.54) is 12.4 Å². The number of hydrogen-bond acceptors (Lipinski definition) is 7. The number of halogens is 2. The van der Waals surface area contributed by atoms with Crippen LogP contribution < -0.4 is 16.4 Å². The van der Waals surface area contributed by atoms with Crippen LogP contribution in [0.2, 0.25) is 0 Å². The number of primary amides is 1. The van der Waals surface area contributed by atoms with E-state index in [2.05, 4.69) is 33.8 Å². The first kappa shape index (κ1) is 29.3. The molecule has 1 atom stereocenters. The molecule has 2 amide bonds. The first-order chi connectivity index (χ1) is 17.7. The lowest BCUT2D eigenvalue weighted by molar-refractivity contribution is 0.0696. The molecule has 0 unspecified atom stereocenters. The summed E-state index contributed by atoms with van der Waals surface area (Å²) in [7, 11) is 0. The number of carbonyl (C=O) groups is 1. The predicted molar refractivity (Wildman–Crippen MR) is 143 cm³/mol. The Morgan fingerprint density at radius 2 is 2.14 bits per heavy atom. The fourth-order valence-corrected chi connectivity index (χ4v) is 3.62. The van der Waals surface area contributed by atoms with Gasteiger partial charge in [-0.25, -0.2) is 18.6 Å². The van der Waals surface area contributed by atoms with Crippen LogP contribution in [0.1, 0.15) is 24.6 Å². The fraction of sp³-hybridized carbons (Fsp3) is 0.308. The van der Waals surface area contributed by atoms with E-state index in [0.29, 0.717) is 30.2 Å². The lowest BCUT2D eigenvalue weighted by atomic mass is 10.2. The van der Waals surface area contributed by atoms with Gasteiger partial charge in [-0.15, -0.1) is 0 Å². The highest BCUT2D eigenvalue weighted by Gasteiger charge is 2.24. The van der Waals surface area contributed by atoms with Gasteiger partial charge in [-0.3, -0.25) is 15.2 Å². The largest absolute Gasteiger partial charge is 0.377 e. The van der Waals surface area contributed by atoms with Gasteiger partial charge in [-0.2, -0.15) is 0 Å². The minimum absolute atomic E-state index is 0.0165. The minimum Gasteiger partial charge on any atom is -0.377 e. The van der Waals surface area contributed by atoms with Crippen molar-refractivity contribution in [1.82, 2.24) is 14.9 Å². The Morgan fingerprint density at radius 3 is 2.73 bits per heavy atom. The van der Waals surface area contributed by atoms with Crippen LogP contribution in [0.5, 0.6) is 0 Å². The standard InChI is InChI=1S/C13H19F2NO.C13H14N6O/c1-4-13(15)12(10(3)14)9-16-7-6-11(8-16)17-5-2;1-8-4-10(2-3-16-8)18-11-7-17-12(19-13(15)20)5-9(11)6-14/h4,11H,1,3,5-9H2,2H3;2-7,14H,1H3,(H,16,18)(H3,15,17,19,20)/b13-12+;/t11-;/m1./s1. The molecule has 1 fully saturated rings. The Hall–Kier alpha value is -3.96. The molecule has 0 bridgehead atoms. The van der Waals surface area contributed by atoms with Gasteiger partial charge in [-0.05, 0) is 44.5 Å². The molecule has 1 saturated heterocycles. The number of nitrogens with one attached hydrogen (secondary N) is 3. The summed E-state index contributed by atoms with van der Waals surface area (Å²) in [5, 5.41) is 12.9. The number of amides is 2. The molecule has 0 aromatic carbocycles. The average Bonchev–Trinajstić information content (AvgIpc) is 3.30. The van der Waals surface area contributed by atoms with Crippen molar-refractivity contribution in [1.29, 1.82) is 5.41 Å². The third-order valence-corrected chi connectivity index (χ3v) is 5.33. The number of hydrogen-bond donors (Lipinski definition) is 4. The summed E-state index contributed by atoms with van der Waals surface area (Å²) in [5.74, 6) is -1.08. The zero-order valence-electron chi connectivity index (χ0n) is 21.1. The molecule has 3 rings (SSSR count). The van der Waals surface area contributed by atoms with Gasteiger partial charge in [0.05, 0.1) is 18.0 Å². The van der Waals surface area contributed by atoms with E-state index in [1.807, 2.05) is 30.9 Å². The fourth-order valence-electron chi connectivity index (χ4n) is 3.62. The maximum Gasteiger partial charge on any atom is 0.317 e. The van der Waals surface area contributed by atoms with Crippen molar-refractivity contribution in [3.8, 4) is 0 Å². The van der Waals surface area contributed by atoms with Gasteiger partial charge in [0.25, 0.3) is 0 Å². The van der Waals surface area contributed by atoms with Crippen LogP contribution in [0.15, 0.2) is 67.1 Å². The molecular weight excluding hydrogens is 480 g/mol. The Labute approximate surface area is 215 Å². The normalized spacial score (nSPS) is 15.6. The molecule has 0 spiro atoms. The number of likely N-dealkylation sites (tertiary alicyclic amines) is 1. The van der Waals surface area contributed by atoms with Crippen molar-refractivity contribution >= 4 is 29.4 Å². The SMILES string of the molecule is C=C/C(F)=C(/CN1CC[C@@H](OCC)C1)C(=C)F.Cc1cc(Nc2cnc(NC(N)=O)cc2C=N)ccn1. The molecule has 11 heteroatoms.